The molecule has 0 saturated carbocycles. The van der Waals surface area contributed by atoms with E-state index in [-0.39, 0.29) is 0 Å². The lowest BCUT2D eigenvalue weighted by molar-refractivity contribution is 0.478. The highest BCUT2D eigenvalue weighted by Gasteiger charge is 2.31. The van der Waals surface area contributed by atoms with Crippen LogP contribution in [0.3, 0.4) is 0 Å². The molecule has 3 unspecified atom stereocenters. The van der Waals surface area contributed by atoms with E-state index in [2.05, 4.69) is 59.5 Å². The van der Waals surface area contributed by atoms with E-state index in [0.29, 0.717) is 6.04 Å². The monoisotopic (exact) mass is 315 g/mol. The molecule has 1 N–H and O–H groups in total. The summed E-state index contributed by atoms with van der Waals surface area (Å²) in [4.78, 5) is 0. The molecule has 1 aliphatic rings. The first-order valence-electron chi connectivity index (χ1n) is 7.32. The third-order valence-corrected chi connectivity index (χ3v) is 7.72. The van der Waals surface area contributed by atoms with Crippen molar-refractivity contribution in [2.24, 2.45) is 0 Å². The van der Waals surface area contributed by atoms with Crippen LogP contribution in [-0.4, -0.2) is 34.6 Å². The van der Waals surface area contributed by atoms with Crippen LogP contribution in [0.2, 0.25) is 0 Å². The minimum atomic E-state index is 0.636. The van der Waals surface area contributed by atoms with E-state index in [1.165, 1.54) is 36.3 Å². The molecule has 1 fully saturated rings. The minimum Gasteiger partial charge on any atom is -0.313 e. The summed E-state index contributed by atoms with van der Waals surface area (Å²) >= 11 is 6.20. The molecule has 4 heteroatoms. The lowest BCUT2D eigenvalue weighted by Gasteiger charge is -2.36. The Bertz CT molecular complexity index is 339. The van der Waals surface area contributed by atoms with Gasteiger partial charge in [0.05, 0.1) is 0 Å². The normalized spacial score (nSPS) is 25.4. The highest BCUT2D eigenvalue weighted by molar-refractivity contribution is 8.07. The van der Waals surface area contributed by atoms with E-state index in [1.807, 2.05) is 11.3 Å². The lowest BCUT2D eigenvalue weighted by atomic mass is 10.0. The van der Waals surface area contributed by atoms with Crippen molar-refractivity contribution in [3.8, 4) is 0 Å². The van der Waals surface area contributed by atoms with Gasteiger partial charge in [-0.05, 0) is 48.2 Å². The Labute approximate surface area is 130 Å². The fraction of sp³-hybridized carbons (Fsp3) is 0.733. The van der Waals surface area contributed by atoms with Gasteiger partial charge >= 0.3 is 0 Å². The third-order valence-electron chi connectivity index (χ3n) is 3.58. The van der Waals surface area contributed by atoms with Gasteiger partial charge in [-0.25, -0.2) is 0 Å². The van der Waals surface area contributed by atoms with Crippen LogP contribution in [-0.2, 0) is 6.42 Å². The molecule has 0 aliphatic carbocycles. The van der Waals surface area contributed by atoms with Crippen LogP contribution in [0, 0.1) is 0 Å². The summed E-state index contributed by atoms with van der Waals surface area (Å²) in [6.07, 6.45) is 3.72. The van der Waals surface area contributed by atoms with E-state index in [1.54, 1.807) is 0 Å². The number of hydrogen-bond donors (Lipinski definition) is 1. The van der Waals surface area contributed by atoms with Crippen LogP contribution >= 0.6 is 34.9 Å². The van der Waals surface area contributed by atoms with Gasteiger partial charge in [0.1, 0.15) is 0 Å². The Kier molecular flexibility index (Phi) is 7.13. The van der Waals surface area contributed by atoms with Crippen molar-refractivity contribution in [2.75, 3.05) is 18.1 Å². The zero-order valence-electron chi connectivity index (χ0n) is 11.9. The number of rotatable bonds is 7. The topological polar surface area (TPSA) is 12.0 Å². The highest BCUT2D eigenvalue weighted by atomic mass is 32.2. The molecule has 0 aromatic carbocycles. The van der Waals surface area contributed by atoms with E-state index in [9.17, 15) is 0 Å². The van der Waals surface area contributed by atoms with Gasteiger partial charge in [-0.15, -0.1) is 0 Å². The number of thioether (sulfide) groups is 2. The first kappa shape index (κ1) is 15.7. The van der Waals surface area contributed by atoms with Gasteiger partial charge in [0, 0.05) is 28.0 Å². The Morgan fingerprint density at radius 3 is 2.84 bits per heavy atom. The summed E-state index contributed by atoms with van der Waals surface area (Å²) in [5, 5.41) is 9.92. The number of thiophene rings is 1. The Hall–Kier alpha value is 0.360. The molecule has 1 aromatic heterocycles. The van der Waals surface area contributed by atoms with Crippen LogP contribution in [0.15, 0.2) is 16.8 Å². The van der Waals surface area contributed by atoms with Crippen molar-refractivity contribution in [1.29, 1.82) is 0 Å². The molecule has 1 nitrogen and oxygen atoms in total. The third kappa shape index (κ3) is 4.69. The molecule has 0 bridgehead atoms. The molecule has 3 atom stereocenters. The predicted octanol–water partition coefficient (Wildman–Crippen LogP) is 4.29. The van der Waals surface area contributed by atoms with Gasteiger partial charge in [-0.2, -0.15) is 34.9 Å². The lowest BCUT2D eigenvalue weighted by Crippen LogP contribution is -2.46. The van der Waals surface area contributed by atoms with Gasteiger partial charge in [-0.1, -0.05) is 13.8 Å². The second kappa shape index (κ2) is 8.60. The number of hydrogen-bond acceptors (Lipinski definition) is 4. The number of nitrogens with one attached hydrogen (secondary N) is 1. The average Bonchev–Trinajstić information content (AvgIpc) is 2.96. The molecule has 108 valence electrons. The van der Waals surface area contributed by atoms with E-state index in [0.717, 1.165) is 17.0 Å². The molecule has 1 aliphatic heterocycles. The molecular formula is C15H25NS3. The second-order valence-corrected chi connectivity index (χ2v) is 8.46. The first-order chi connectivity index (χ1) is 9.35. The molecule has 2 heterocycles. The average molecular weight is 316 g/mol. The standard InChI is InChI=1S/C15H25NS3/c1-3-6-16-13(10-12-5-7-17-11-12)15-14(4-2)18-8-9-19-15/h5,7,11,13-16H,3-4,6,8-10H2,1-2H3. The van der Waals surface area contributed by atoms with Crippen molar-refractivity contribution in [3.05, 3.63) is 22.4 Å². The van der Waals surface area contributed by atoms with Gasteiger partial charge in [-0.3, -0.25) is 0 Å². The molecule has 0 amide bonds. The molecule has 1 saturated heterocycles. The smallest absolute Gasteiger partial charge is 0.0323 e. The molecule has 2 rings (SSSR count). The van der Waals surface area contributed by atoms with Crippen molar-refractivity contribution < 1.29 is 0 Å². The van der Waals surface area contributed by atoms with Crippen molar-refractivity contribution in [1.82, 2.24) is 5.32 Å². The van der Waals surface area contributed by atoms with Gasteiger partial charge in [0.15, 0.2) is 0 Å². The van der Waals surface area contributed by atoms with Crippen LogP contribution in [0.5, 0.6) is 0 Å². The zero-order valence-corrected chi connectivity index (χ0v) is 14.4. The first-order valence-corrected chi connectivity index (χ1v) is 10.4. The van der Waals surface area contributed by atoms with Crippen molar-refractivity contribution in [2.45, 2.75) is 49.7 Å². The molecule has 19 heavy (non-hydrogen) atoms. The summed E-state index contributed by atoms with van der Waals surface area (Å²) in [6, 6.07) is 2.92. The maximum absolute atomic E-state index is 3.81. The summed E-state index contributed by atoms with van der Waals surface area (Å²) < 4.78 is 0. The van der Waals surface area contributed by atoms with Crippen LogP contribution in [0.1, 0.15) is 32.3 Å². The van der Waals surface area contributed by atoms with Gasteiger partial charge in [0.25, 0.3) is 0 Å². The van der Waals surface area contributed by atoms with Crippen LogP contribution < -0.4 is 5.32 Å². The van der Waals surface area contributed by atoms with Gasteiger partial charge < -0.3 is 5.32 Å². The quantitative estimate of drug-likeness (QED) is 0.806. The Balaban J connectivity index is 2.01. The summed E-state index contributed by atoms with van der Waals surface area (Å²) in [5.74, 6) is 2.65. The van der Waals surface area contributed by atoms with Crippen LogP contribution in [0.4, 0.5) is 0 Å². The second-order valence-electron chi connectivity index (χ2n) is 5.05. The summed E-state index contributed by atoms with van der Waals surface area (Å²) in [6.45, 7) is 5.75. The highest BCUT2D eigenvalue weighted by Crippen LogP contribution is 2.36. The fourth-order valence-electron chi connectivity index (χ4n) is 2.61. The van der Waals surface area contributed by atoms with Gasteiger partial charge in [0.2, 0.25) is 0 Å². The van der Waals surface area contributed by atoms with Crippen molar-refractivity contribution >= 4 is 34.9 Å². The Morgan fingerprint density at radius 2 is 2.16 bits per heavy atom. The van der Waals surface area contributed by atoms with Crippen LogP contribution in [0.25, 0.3) is 0 Å². The molecular weight excluding hydrogens is 290 g/mol. The van der Waals surface area contributed by atoms with E-state index >= 15 is 0 Å². The molecule has 0 spiro atoms. The molecule has 0 radical (unpaired) electrons. The summed E-state index contributed by atoms with van der Waals surface area (Å²) in [5.41, 5.74) is 1.50. The predicted molar refractivity (Wildman–Crippen MR) is 92.9 cm³/mol. The van der Waals surface area contributed by atoms with E-state index in [4.69, 9.17) is 0 Å². The molecule has 1 aromatic rings. The van der Waals surface area contributed by atoms with E-state index < -0.39 is 0 Å². The minimum absolute atomic E-state index is 0.636. The largest absolute Gasteiger partial charge is 0.313 e. The fourth-order valence-corrected chi connectivity index (χ4v) is 6.55. The SMILES string of the molecule is CCCNC(Cc1ccsc1)C1SCCSC1CC. The van der Waals surface area contributed by atoms with Crippen molar-refractivity contribution in [3.63, 3.8) is 0 Å². The zero-order chi connectivity index (χ0) is 13.5. The Morgan fingerprint density at radius 1 is 1.32 bits per heavy atom. The maximum atomic E-state index is 3.81. The maximum Gasteiger partial charge on any atom is 0.0323 e. The summed E-state index contributed by atoms with van der Waals surface area (Å²) in [7, 11) is 0.